The third-order valence-corrected chi connectivity index (χ3v) is 2.79. The summed E-state index contributed by atoms with van der Waals surface area (Å²) in [6.45, 7) is 0. The zero-order valence-corrected chi connectivity index (χ0v) is 7.17. The number of allylic oxidation sites excluding steroid dienone is 1. The molecule has 3 nitrogen and oxygen atoms in total. The Kier molecular flexibility index (Phi) is 1.89. The molecule has 2 aliphatic rings. The maximum atomic E-state index is 11.3. The van der Waals surface area contributed by atoms with Crippen LogP contribution in [0.2, 0.25) is 0 Å². The molecule has 2 atom stereocenters. The third kappa shape index (κ3) is 1.14. The van der Waals surface area contributed by atoms with Crippen molar-refractivity contribution in [2.75, 3.05) is 7.11 Å². The van der Waals surface area contributed by atoms with Crippen LogP contribution in [0.4, 0.5) is 0 Å². The Morgan fingerprint density at radius 2 is 2.50 bits per heavy atom. The van der Waals surface area contributed by atoms with Gasteiger partial charge in [0.15, 0.2) is 0 Å². The van der Waals surface area contributed by atoms with Crippen LogP contribution in [0.25, 0.3) is 0 Å². The zero-order valence-electron chi connectivity index (χ0n) is 7.17. The maximum absolute atomic E-state index is 11.3. The van der Waals surface area contributed by atoms with Crippen molar-refractivity contribution < 1.29 is 9.63 Å². The van der Waals surface area contributed by atoms with Crippen LogP contribution in [0.15, 0.2) is 11.6 Å². The number of hydroxylamine groups is 1. The number of amides is 1. The van der Waals surface area contributed by atoms with Crippen LogP contribution in [-0.2, 0) is 9.63 Å². The van der Waals surface area contributed by atoms with Crippen LogP contribution in [0.3, 0.4) is 0 Å². The maximum Gasteiger partial charge on any atom is 0.270 e. The van der Waals surface area contributed by atoms with E-state index in [0.717, 1.165) is 5.57 Å². The first-order valence-electron chi connectivity index (χ1n) is 4.36. The topological polar surface area (TPSA) is 38.3 Å². The number of carbonyl (C=O) groups excluding carboxylic acids is 1. The molecule has 1 saturated carbocycles. The monoisotopic (exact) mass is 167 g/mol. The fourth-order valence-electron chi connectivity index (χ4n) is 2.25. The molecule has 0 aromatic heterocycles. The van der Waals surface area contributed by atoms with Crippen LogP contribution >= 0.6 is 0 Å². The Bertz CT molecular complexity index is 235. The third-order valence-electron chi connectivity index (χ3n) is 2.79. The fraction of sp³-hybridized carbons (Fsp3) is 0.667. The largest absolute Gasteiger partial charge is 0.277 e. The zero-order chi connectivity index (χ0) is 8.55. The highest BCUT2D eigenvalue weighted by Gasteiger charge is 2.35. The summed E-state index contributed by atoms with van der Waals surface area (Å²) < 4.78 is 0. The average Bonchev–Trinajstić information content (AvgIpc) is 2.64. The summed E-state index contributed by atoms with van der Waals surface area (Å²) in [6.07, 6.45) is 5.71. The Labute approximate surface area is 71.7 Å². The number of hydrogen-bond donors (Lipinski definition) is 1. The van der Waals surface area contributed by atoms with Gasteiger partial charge in [0.1, 0.15) is 0 Å². The van der Waals surface area contributed by atoms with Gasteiger partial charge < -0.3 is 0 Å². The Hall–Kier alpha value is -0.830. The summed E-state index contributed by atoms with van der Waals surface area (Å²) in [7, 11) is 1.46. The highest BCUT2D eigenvalue weighted by molar-refractivity contribution is 5.93. The summed E-state index contributed by atoms with van der Waals surface area (Å²) >= 11 is 0. The molecule has 2 unspecified atom stereocenters. The molecule has 2 rings (SSSR count). The number of fused-ring (bicyclic) bond motifs is 2. The second kappa shape index (κ2) is 2.90. The molecule has 0 spiro atoms. The van der Waals surface area contributed by atoms with E-state index in [-0.39, 0.29) is 5.91 Å². The summed E-state index contributed by atoms with van der Waals surface area (Å²) in [5.74, 6) is 1.11. The van der Waals surface area contributed by atoms with Crippen LogP contribution < -0.4 is 5.48 Å². The first kappa shape index (κ1) is 7.80. The van der Waals surface area contributed by atoms with E-state index < -0.39 is 0 Å². The van der Waals surface area contributed by atoms with Gasteiger partial charge in [-0.2, -0.15) is 0 Å². The number of carbonyl (C=O) groups is 1. The summed E-state index contributed by atoms with van der Waals surface area (Å²) in [5.41, 5.74) is 3.30. The molecule has 2 aliphatic carbocycles. The molecular weight excluding hydrogens is 154 g/mol. The lowest BCUT2D eigenvalue weighted by molar-refractivity contribution is -0.127. The van der Waals surface area contributed by atoms with Gasteiger partial charge in [-0.1, -0.05) is 6.08 Å². The minimum absolute atomic E-state index is 0.0512. The number of nitrogens with one attached hydrogen (secondary N) is 1. The molecular formula is C9H13NO2. The van der Waals surface area contributed by atoms with Gasteiger partial charge in [0, 0.05) is 5.57 Å². The van der Waals surface area contributed by atoms with E-state index in [4.69, 9.17) is 0 Å². The van der Waals surface area contributed by atoms with Gasteiger partial charge in [0.25, 0.3) is 5.91 Å². The quantitative estimate of drug-likeness (QED) is 0.623. The van der Waals surface area contributed by atoms with Crippen molar-refractivity contribution >= 4 is 5.91 Å². The molecule has 1 N–H and O–H groups in total. The van der Waals surface area contributed by atoms with Crippen molar-refractivity contribution in [3.8, 4) is 0 Å². The lowest BCUT2D eigenvalue weighted by atomic mass is 9.98. The second-order valence-corrected chi connectivity index (χ2v) is 3.53. The van der Waals surface area contributed by atoms with Gasteiger partial charge in [-0.3, -0.25) is 9.63 Å². The van der Waals surface area contributed by atoms with E-state index in [9.17, 15) is 4.79 Å². The minimum atomic E-state index is -0.0512. The molecule has 12 heavy (non-hydrogen) atoms. The standard InChI is InChI=1S/C9H13NO2/c1-12-10-9(11)8-5-6-2-3-7(8)4-6/h5-7H,2-4H2,1H3,(H,10,11). The number of hydrogen-bond acceptors (Lipinski definition) is 2. The van der Waals surface area contributed by atoms with Crippen molar-refractivity contribution in [3.63, 3.8) is 0 Å². The molecule has 1 amide bonds. The smallest absolute Gasteiger partial charge is 0.270 e. The molecule has 1 fully saturated rings. The molecule has 0 aromatic carbocycles. The average molecular weight is 167 g/mol. The van der Waals surface area contributed by atoms with Crippen LogP contribution in [0.5, 0.6) is 0 Å². The lowest BCUT2D eigenvalue weighted by Crippen LogP contribution is -2.26. The number of rotatable bonds is 2. The van der Waals surface area contributed by atoms with Gasteiger partial charge in [-0.05, 0) is 31.1 Å². The molecule has 0 aliphatic heterocycles. The lowest BCUT2D eigenvalue weighted by Gasteiger charge is -2.11. The van der Waals surface area contributed by atoms with Crippen LogP contribution in [0, 0.1) is 11.8 Å². The molecule has 66 valence electrons. The predicted molar refractivity (Wildman–Crippen MR) is 44.1 cm³/mol. The summed E-state index contributed by atoms with van der Waals surface area (Å²) in [5, 5.41) is 0. The SMILES string of the molecule is CONC(=O)C1=CC2CCC1C2. The first-order valence-corrected chi connectivity index (χ1v) is 4.36. The molecule has 0 radical (unpaired) electrons. The predicted octanol–water partition coefficient (Wildman–Crippen LogP) is 1.02. The van der Waals surface area contributed by atoms with Gasteiger partial charge >= 0.3 is 0 Å². The summed E-state index contributed by atoms with van der Waals surface area (Å²) in [4.78, 5) is 15.9. The molecule has 2 bridgehead atoms. The van der Waals surface area contributed by atoms with E-state index in [2.05, 4.69) is 16.4 Å². The van der Waals surface area contributed by atoms with Crippen molar-refractivity contribution in [2.24, 2.45) is 11.8 Å². The van der Waals surface area contributed by atoms with E-state index in [1.807, 2.05) is 0 Å². The highest BCUT2D eigenvalue weighted by atomic mass is 16.6. The first-order chi connectivity index (χ1) is 5.81. The normalized spacial score (nSPS) is 31.9. The van der Waals surface area contributed by atoms with Gasteiger partial charge in [0.2, 0.25) is 0 Å². The Morgan fingerprint density at radius 1 is 1.67 bits per heavy atom. The summed E-state index contributed by atoms with van der Waals surface area (Å²) in [6, 6.07) is 0. The fourth-order valence-corrected chi connectivity index (χ4v) is 2.25. The van der Waals surface area contributed by atoms with E-state index in [1.165, 1.54) is 26.4 Å². The van der Waals surface area contributed by atoms with Gasteiger partial charge in [-0.25, -0.2) is 5.48 Å². The molecule has 0 heterocycles. The van der Waals surface area contributed by atoms with Crippen molar-refractivity contribution in [1.82, 2.24) is 5.48 Å². The van der Waals surface area contributed by atoms with Crippen molar-refractivity contribution in [1.29, 1.82) is 0 Å². The van der Waals surface area contributed by atoms with E-state index in [0.29, 0.717) is 11.8 Å². The van der Waals surface area contributed by atoms with E-state index in [1.54, 1.807) is 0 Å². The van der Waals surface area contributed by atoms with Gasteiger partial charge in [0.05, 0.1) is 7.11 Å². The molecule has 0 saturated heterocycles. The van der Waals surface area contributed by atoms with E-state index >= 15 is 0 Å². The van der Waals surface area contributed by atoms with Gasteiger partial charge in [-0.15, -0.1) is 0 Å². The minimum Gasteiger partial charge on any atom is -0.277 e. The Morgan fingerprint density at radius 3 is 3.00 bits per heavy atom. The van der Waals surface area contributed by atoms with Crippen LogP contribution in [-0.4, -0.2) is 13.0 Å². The van der Waals surface area contributed by atoms with Crippen LogP contribution in [0.1, 0.15) is 19.3 Å². The highest BCUT2D eigenvalue weighted by Crippen LogP contribution is 2.43. The molecule has 0 aromatic rings. The Balaban J connectivity index is 2.05. The van der Waals surface area contributed by atoms with Crippen molar-refractivity contribution in [2.45, 2.75) is 19.3 Å². The second-order valence-electron chi connectivity index (χ2n) is 3.53. The van der Waals surface area contributed by atoms with Crippen molar-refractivity contribution in [3.05, 3.63) is 11.6 Å². The molecule has 3 heteroatoms.